The molecule has 2 aromatic rings. The van der Waals surface area contributed by atoms with Gasteiger partial charge in [-0.15, -0.1) is 11.6 Å². The highest BCUT2D eigenvalue weighted by Crippen LogP contribution is 2.19. The van der Waals surface area contributed by atoms with Crippen LogP contribution in [-0.2, 0) is 16.2 Å². The number of nitrogens with one attached hydrogen (secondary N) is 1. The summed E-state index contributed by atoms with van der Waals surface area (Å²) in [4.78, 5) is 17.4. The number of rotatable bonds is 9. The maximum Gasteiger partial charge on any atom is 0.273 e. The number of hydrogen-bond acceptors (Lipinski definition) is 4. The van der Waals surface area contributed by atoms with Crippen LogP contribution in [0.15, 0.2) is 53.7 Å². The van der Waals surface area contributed by atoms with Crippen molar-refractivity contribution in [2.75, 3.05) is 19.5 Å². The van der Waals surface area contributed by atoms with Gasteiger partial charge in [0.05, 0.1) is 0 Å². The molecule has 0 bridgehead atoms. The molecular formula is C20H23ClN2O3. The quantitative estimate of drug-likeness (QED) is 0.315. The molecule has 2 aromatic carbocycles. The molecule has 0 radical (unpaired) electrons. The Bertz CT molecular complexity index is 762. The second kappa shape index (κ2) is 10.5. The smallest absolute Gasteiger partial charge is 0.273 e. The maximum atomic E-state index is 12.5. The lowest BCUT2D eigenvalue weighted by Gasteiger charge is -2.14. The lowest BCUT2D eigenvalue weighted by molar-refractivity contribution is -0.114. The summed E-state index contributed by atoms with van der Waals surface area (Å²) in [7, 11) is 1.42. The zero-order valence-electron chi connectivity index (χ0n) is 15.0. The number of alkyl halides is 1. The molecule has 0 aliphatic rings. The van der Waals surface area contributed by atoms with Crippen LogP contribution >= 0.6 is 11.6 Å². The predicted molar refractivity (Wildman–Crippen MR) is 104 cm³/mol. The summed E-state index contributed by atoms with van der Waals surface area (Å²) in [6, 6.07) is 15.3. The van der Waals surface area contributed by atoms with Gasteiger partial charge in [0.15, 0.2) is 5.71 Å². The average Bonchev–Trinajstić information content (AvgIpc) is 2.66. The number of para-hydroxylation sites is 1. The van der Waals surface area contributed by atoms with Crippen LogP contribution in [0.3, 0.4) is 0 Å². The molecule has 0 fully saturated rings. The Balaban J connectivity index is 2.20. The first-order valence-corrected chi connectivity index (χ1v) is 8.92. The largest absolute Gasteiger partial charge is 0.489 e. The molecule has 138 valence electrons. The van der Waals surface area contributed by atoms with Crippen LogP contribution in [-0.4, -0.2) is 31.2 Å². The molecule has 0 aromatic heterocycles. The number of aryl methyl sites for hydroxylation is 1. The highest BCUT2D eigenvalue weighted by Gasteiger charge is 2.18. The van der Waals surface area contributed by atoms with Gasteiger partial charge in [-0.25, -0.2) is 0 Å². The lowest BCUT2D eigenvalue weighted by atomic mass is 10.0. The number of halogens is 1. The van der Waals surface area contributed by atoms with E-state index in [1.54, 1.807) is 0 Å². The Hall–Kier alpha value is -2.53. The van der Waals surface area contributed by atoms with Crippen molar-refractivity contribution in [3.05, 3.63) is 65.2 Å². The summed E-state index contributed by atoms with van der Waals surface area (Å²) in [5, 5.41) is 6.72. The second-order valence-corrected chi connectivity index (χ2v) is 6.01. The molecule has 0 spiro atoms. The van der Waals surface area contributed by atoms with Gasteiger partial charge in [0.1, 0.15) is 19.5 Å². The molecule has 0 aliphatic carbocycles. The molecule has 26 heavy (non-hydrogen) atoms. The Morgan fingerprint density at radius 2 is 1.88 bits per heavy atom. The van der Waals surface area contributed by atoms with Gasteiger partial charge >= 0.3 is 0 Å². The third kappa shape index (κ3) is 5.49. The summed E-state index contributed by atoms with van der Waals surface area (Å²) in [5.41, 5.74) is 2.78. The molecule has 2 rings (SSSR count). The third-order valence-electron chi connectivity index (χ3n) is 3.74. The molecule has 0 saturated carbocycles. The molecule has 5 nitrogen and oxygen atoms in total. The number of carbonyl (C=O) groups is 1. The standard InChI is InChI=1S/C20H23ClN2O3/c1-15-8-3-6-11-18(15)26-14-16-9-4-5-10-17(16)19(23-25-2)20(24)22-13-7-12-21/h3-6,8-11H,7,12-14H2,1-2H3,(H,22,24). The molecule has 0 aliphatic heterocycles. The Morgan fingerprint density at radius 3 is 2.62 bits per heavy atom. The molecular weight excluding hydrogens is 352 g/mol. The molecule has 0 heterocycles. The number of nitrogens with zero attached hydrogens (tertiary/aromatic N) is 1. The van der Waals surface area contributed by atoms with Gasteiger partial charge in [0.25, 0.3) is 5.91 Å². The Kier molecular flexibility index (Phi) is 7.96. The fourth-order valence-electron chi connectivity index (χ4n) is 2.41. The fraction of sp³-hybridized carbons (Fsp3) is 0.300. The van der Waals surface area contributed by atoms with Crippen LogP contribution < -0.4 is 10.1 Å². The van der Waals surface area contributed by atoms with E-state index >= 15 is 0 Å². The number of hydrogen-bond donors (Lipinski definition) is 1. The van der Waals surface area contributed by atoms with Crippen molar-refractivity contribution in [3.63, 3.8) is 0 Å². The Labute approximate surface area is 158 Å². The van der Waals surface area contributed by atoms with Crippen molar-refractivity contribution in [1.82, 2.24) is 5.32 Å². The molecule has 0 atom stereocenters. The number of carbonyl (C=O) groups excluding carboxylic acids is 1. The summed E-state index contributed by atoms with van der Waals surface area (Å²) >= 11 is 5.66. The normalized spacial score (nSPS) is 11.1. The van der Waals surface area contributed by atoms with E-state index in [-0.39, 0.29) is 11.6 Å². The van der Waals surface area contributed by atoms with Crippen LogP contribution in [0.25, 0.3) is 0 Å². The first kappa shape index (κ1) is 19.8. The van der Waals surface area contributed by atoms with Gasteiger partial charge in [-0.1, -0.05) is 47.6 Å². The highest BCUT2D eigenvalue weighted by molar-refractivity contribution is 6.45. The maximum absolute atomic E-state index is 12.5. The van der Waals surface area contributed by atoms with E-state index in [1.807, 2.05) is 55.5 Å². The number of benzene rings is 2. The molecule has 6 heteroatoms. The van der Waals surface area contributed by atoms with Gasteiger partial charge < -0.3 is 14.9 Å². The summed E-state index contributed by atoms with van der Waals surface area (Å²) < 4.78 is 5.93. The van der Waals surface area contributed by atoms with Crippen molar-refractivity contribution in [3.8, 4) is 5.75 Å². The van der Waals surface area contributed by atoms with E-state index in [2.05, 4.69) is 10.5 Å². The van der Waals surface area contributed by atoms with Crippen LogP contribution in [0.1, 0.15) is 23.1 Å². The van der Waals surface area contributed by atoms with Crippen molar-refractivity contribution in [2.45, 2.75) is 20.0 Å². The van der Waals surface area contributed by atoms with E-state index in [0.29, 0.717) is 31.0 Å². The minimum absolute atomic E-state index is 0.214. The summed E-state index contributed by atoms with van der Waals surface area (Å²) in [5.74, 6) is 0.983. The van der Waals surface area contributed by atoms with Gasteiger partial charge in [-0.3, -0.25) is 4.79 Å². The molecule has 0 saturated heterocycles. The van der Waals surface area contributed by atoms with Crippen LogP contribution in [0.2, 0.25) is 0 Å². The lowest BCUT2D eigenvalue weighted by Crippen LogP contribution is -2.33. The van der Waals surface area contributed by atoms with Crippen LogP contribution in [0.5, 0.6) is 5.75 Å². The monoisotopic (exact) mass is 374 g/mol. The van der Waals surface area contributed by atoms with Gasteiger partial charge in [-0.05, 0) is 30.5 Å². The van der Waals surface area contributed by atoms with E-state index in [1.165, 1.54) is 7.11 Å². The third-order valence-corrected chi connectivity index (χ3v) is 4.01. The van der Waals surface area contributed by atoms with Crippen molar-refractivity contribution < 1.29 is 14.4 Å². The first-order chi connectivity index (χ1) is 12.7. The SMILES string of the molecule is CON=C(C(=O)NCCCCl)c1ccccc1COc1ccccc1C. The van der Waals surface area contributed by atoms with Crippen molar-refractivity contribution >= 4 is 23.2 Å². The summed E-state index contributed by atoms with van der Waals surface area (Å²) in [6.45, 7) is 2.79. The zero-order chi connectivity index (χ0) is 18.8. The van der Waals surface area contributed by atoms with Crippen LogP contribution in [0, 0.1) is 6.92 Å². The number of oxime groups is 1. The first-order valence-electron chi connectivity index (χ1n) is 8.39. The fourth-order valence-corrected chi connectivity index (χ4v) is 2.54. The zero-order valence-corrected chi connectivity index (χ0v) is 15.8. The van der Waals surface area contributed by atoms with Gasteiger partial charge in [-0.2, -0.15) is 0 Å². The van der Waals surface area contributed by atoms with Crippen molar-refractivity contribution in [2.24, 2.45) is 5.16 Å². The number of amides is 1. The minimum Gasteiger partial charge on any atom is -0.489 e. The minimum atomic E-state index is -0.305. The van der Waals surface area contributed by atoms with Gasteiger partial charge in [0, 0.05) is 18.0 Å². The van der Waals surface area contributed by atoms with E-state index in [4.69, 9.17) is 21.2 Å². The molecule has 1 N–H and O–H groups in total. The van der Waals surface area contributed by atoms with Crippen molar-refractivity contribution in [1.29, 1.82) is 0 Å². The molecule has 0 unspecified atom stereocenters. The Morgan fingerprint density at radius 1 is 1.15 bits per heavy atom. The predicted octanol–water partition coefficient (Wildman–Crippen LogP) is 3.67. The van der Waals surface area contributed by atoms with Crippen LogP contribution in [0.4, 0.5) is 0 Å². The van der Waals surface area contributed by atoms with E-state index < -0.39 is 0 Å². The second-order valence-electron chi connectivity index (χ2n) is 5.63. The van der Waals surface area contributed by atoms with Gasteiger partial charge in [0.2, 0.25) is 0 Å². The summed E-state index contributed by atoms with van der Waals surface area (Å²) in [6.07, 6.45) is 0.686. The number of ether oxygens (including phenoxy) is 1. The van der Waals surface area contributed by atoms with E-state index in [0.717, 1.165) is 16.9 Å². The average molecular weight is 375 g/mol. The van der Waals surface area contributed by atoms with E-state index in [9.17, 15) is 4.79 Å². The highest BCUT2D eigenvalue weighted by atomic mass is 35.5. The molecule has 1 amide bonds. The topological polar surface area (TPSA) is 59.9 Å².